The van der Waals surface area contributed by atoms with Crippen molar-refractivity contribution in [3.8, 4) is 0 Å². The van der Waals surface area contributed by atoms with Crippen LogP contribution in [0.4, 0.5) is 0 Å². The van der Waals surface area contributed by atoms with Crippen molar-refractivity contribution in [3.05, 3.63) is 0 Å². The van der Waals surface area contributed by atoms with Crippen LogP contribution < -0.4 is 5.32 Å². The van der Waals surface area contributed by atoms with Crippen LogP contribution in [0, 0.1) is 5.41 Å². The number of carbonyl (C=O) groups is 1. The number of piperidine rings is 1. The van der Waals surface area contributed by atoms with Crippen LogP contribution in [0.3, 0.4) is 0 Å². The summed E-state index contributed by atoms with van der Waals surface area (Å²) in [7, 11) is 0. The van der Waals surface area contributed by atoms with Crippen LogP contribution >= 0.6 is 0 Å². The average molecular weight is 240 g/mol. The molecule has 2 fully saturated rings. The normalized spacial score (nSPS) is 24.6. The molecular formula is C13H24N2O2. The summed E-state index contributed by atoms with van der Waals surface area (Å²) >= 11 is 0. The molecule has 98 valence electrons. The lowest BCUT2D eigenvalue weighted by Gasteiger charge is -2.41. The van der Waals surface area contributed by atoms with Gasteiger partial charge in [0.2, 0.25) is 5.91 Å². The van der Waals surface area contributed by atoms with E-state index in [-0.39, 0.29) is 5.41 Å². The largest absolute Gasteiger partial charge is 0.378 e. The van der Waals surface area contributed by atoms with Crippen molar-refractivity contribution < 1.29 is 9.53 Å². The van der Waals surface area contributed by atoms with E-state index in [1.54, 1.807) is 0 Å². The molecule has 2 heterocycles. The third-order valence-corrected chi connectivity index (χ3v) is 4.04. The van der Waals surface area contributed by atoms with Crippen molar-refractivity contribution in [2.45, 2.75) is 32.6 Å². The van der Waals surface area contributed by atoms with Crippen LogP contribution in [0.1, 0.15) is 32.6 Å². The Morgan fingerprint density at radius 1 is 1.29 bits per heavy atom. The number of hydrogen-bond acceptors (Lipinski definition) is 3. The van der Waals surface area contributed by atoms with Crippen molar-refractivity contribution in [3.63, 3.8) is 0 Å². The second kappa shape index (κ2) is 5.83. The highest BCUT2D eigenvalue weighted by molar-refractivity contribution is 5.83. The van der Waals surface area contributed by atoms with Gasteiger partial charge >= 0.3 is 0 Å². The molecule has 0 unspecified atom stereocenters. The van der Waals surface area contributed by atoms with Gasteiger partial charge in [0, 0.05) is 13.1 Å². The first kappa shape index (κ1) is 12.8. The summed E-state index contributed by atoms with van der Waals surface area (Å²) in [5.74, 6) is 0.379. The van der Waals surface area contributed by atoms with Gasteiger partial charge < -0.3 is 15.0 Å². The van der Waals surface area contributed by atoms with E-state index in [2.05, 4.69) is 12.2 Å². The number of nitrogens with one attached hydrogen (secondary N) is 1. The summed E-state index contributed by atoms with van der Waals surface area (Å²) < 4.78 is 5.32. The minimum atomic E-state index is -0.0860. The molecule has 0 spiro atoms. The third kappa shape index (κ3) is 2.80. The fraction of sp³-hybridized carbons (Fsp3) is 0.923. The summed E-state index contributed by atoms with van der Waals surface area (Å²) in [6, 6.07) is 0. The van der Waals surface area contributed by atoms with Crippen molar-refractivity contribution >= 4 is 5.91 Å². The zero-order valence-corrected chi connectivity index (χ0v) is 10.8. The minimum Gasteiger partial charge on any atom is -0.378 e. The summed E-state index contributed by atoms with van der Waals surface area (Å²) in [5.41, 5.74) is -0.0860. The molecule has 1 N–H and O–H groups in total. The zero-order valence-electron chi connectivity index (χ0n) is 10.8. The molecule has 0 aromatic heterocycles. The minimum absolute atomic E-state index is 0.0860. The van der Waals surface area contributed by atoms with E-state index in [9.17, 15) is 4.79 Å². The van der Waals surface area contributed by atoms with E-state index in [4.69, 9.17) is 4.74 Å². The van der Waals surface area contributed by atoms with Gasteiger partial charge in [0.1, 0.15) is 0 Å². The first-order valence-electron chi connectivity index (χ1n) is 6.86. The smallest absolute Gasteiger partial charge is 0.229 e. The average Bonchev–Trinajstić information content (AvgIpc) is 2.40. The first-order valence-corrected chi connectivity index (χ1v) is 6.86. The highest BCUT2D eigenvalue weighted by Gasteiger charge is 2.41. The van der Waals surface area contributed by atoms with E-state index in [1.165, 1.54) is 0 Å². The second-order valence-corrected chi connectivity index (χ2v) is 5.18. The highest BCUT2D eigenvalue weighted by atomic mass is 16.5. The highest BCUT2D eigenvalue weighted by Crippen LogP contribution is 2.36. The number of rotatable bonds is 3. The summed E-state index contributed by atoms with van der Waals surface area (Å²) in [6.07, 6.45) is 4.12. The Hall–Kier alpha value is -0.610. The number of hydrogen-bond donors (Lipinski definition) is 1. The third-order valence-electron chi connectivity index (χ3n) is 4.04. The number of morpholine rings is 1. The van der Waals surface area contributed by atoms with E-state index < -0.39 is 0 Å². The lowest BCUT2D eigenvalue weighted by molar-refractivity contribution is -0.148. The van der Waals surface area contributed by atoms with Gasteiger partial charge in [0.25, 0.3) is 0 Å². The molecule has 0 radical (unpaired) electrons. The molecule has 1 amide bonds. The number of carbonyl (C=O) groups excluding carboxylic acids is 1. The molecule has 2 saturated heterocycles. The number of nitrogens with zero attached hydrogens (tertiary/aromatic N) is 1. The molecule has 0 aromatic rings. The Morgan fingerprint density at radius 3 is 2.53 bits per heavy atom. The molecule has 2 aliphatic rings. The number of ether oxygens (including phenoxy) is 1. The van der Waals surface area contributed by atoms with E-state index in [0.717, 1.165) is 51.9 Å². The quantitative estimate of drug-likeness (QED) is 0.800. The molecule has 0 atom stereocenters. The molecule has 2 rings (SSSR count). The monoisotopic (exact) mass is 240 g/mol. The van der Waals surface area contributed by atoms with Gasteiger partial charge in [-0.3, -0.25) is 4.79 Å². The molecule has 2 aliphatic heterocycles. The summed E-state index contributed by atoms with van der Waals surface area (Å²) in [4.78, 5) is 14.7. The van der Waals surface area contributed by atoms with E-state index >= 15 is 0 Å². The molecule has 0 bridgehead atoms. The van der Waals surface area contributed by atoms with Gasteiger partial charge in [-0.25, -0.2) is 0 Å². The Labute approximate surface area is 104 Å². The first-order chi connectivity index (χ1) is 8.28. The van der Waals surface area contributed by atoms with Gasteiger partial charge in [-0.1, -0.05) is 13.3 Å². The Kier molecular flexibility index (Phi) is 4.40. The van der Waals surface area contributed by atoms with Crippen molar-refractivity contribution in [1.82, 2.24) is 10.2 Å². The van der Waals surface area contributed by atoms with Gasteiger partial charge in [0.15, 0.2) is 0 Å². The van der Waals surface area contributed by atoms with Crippen LogP contribution in [0.15, 0.2) is 0 Å². The molecule has 17 heavy (non-hydrogen) atoms. The molecule has 0 saturated carbocycles. The van der Waals surface area contributed by atoms with Crippen molar-refractivity contribution in [2.75, 3.05) is 39.4 Å². The molecular weight excluding hydrogens is 216 g/mol. The topological polar surface area (TPSA) is 41.6 Å². The van der Waals surface area contributed by atoms with Crippen LogP contribution in [0.2, 0.25) is 0 Å². The molecule has 0 aliphatic carbocycles. The van der Waals surface area contributed by atoms with Crippen LogP contribution in [-0.2, 0) is 9.53 Å². The van der Waals surface area contributed by atoms with Gasteiger partial charge in [0.05, 0.1) is 18.6 Å². The van der Waals surface area contributed by atoms with E-state index in [1.807, 2.05) is 4.90 Å². The number of amides is 1. The van der Waals surface area contributed by atoms with Gasteiger partial charge in [-0.2, -0.15) is 0 Å². The lowest BCUT2D eigenvalue weighted by atomic mass is 9.74. The molecule has 0 aromatic carbocycles. The van der Waals surface area contributed by atoms with Crippen molar-refractivity contribution in [2.24, 2.45) is 5.41 Å². The standard InChI is InChI=1S/C13H24N2O2/c1-2-3-13(4-6-14-7-5-13)12(16)15-8-10-17-11-9-15/h14H,2-11H2,1H3. The summed E-state index contributed by atoms with van der Waals surface area (Å²) in [6.45, 7) is 7.09. The second-order valence-electron chi connectivity index (χ2n) is 5.18. The maximum Gasteiger partial charge on any atom is 0.229 e. The molecule has 4 nitrogen and oxygen atoms in total. The lowest BCUT2D eigenvalue weighted by Crippen LogP contribution is -2.52. The van der Waals surface area contributed by atoms with Gasteiger partial charge in [-0.15, -0.1) is 0 Å². The van der Waals surface area contributed by atoms with Gasteiger partial charge in [-0.05, 0) is 32.4 Å². The van der Waals surface area contributed by atoms with Crippen LogP contribution in [0.5, 0.6) is 0 Å². The predicted octanol–water partition coefficient (Wildman–Crippen LogP) is 1.02. The van der Waals surface area contributed by atoms with Crippen molar-refractivity contribution in [1.29, 1.82) is 0 Å². The Balaban J connectivity index is 2.05. The fourth-order valence-corrected chi connectivity index (χ4v) is 3.06. The fourth-order valence-electron chi connectivity index (χ4n) is 3.06. The Bertz CT molecular complexity index is 251. The predicted molar refractivity (Wildman–Crippen MR) is 66.8 cm³/mol. The van der Waals surface area contributed by atoms with E-state index in [0.29, 0.717) is 19.1 Å². The molecule has 4 heteroatoms. The maximum atomic E-state index is 12.7. The SMILES string of the molecule is CCCC1(C(=O)N2CCOCC2)CCNCC1. The van der Waals surface area contributed by atoms with Crippen LogP contribution in [-0.4, -0.2) is 50.2 Å². The Morgan fingerprint density at radius 2 is 1.94 bits per heavy atom. The summed E-state index contributed by atoms with van der Waals surface area (Å²) in [5, 5.41) is 3.36. The van der Waals surface area contributed by atoms with Crippen LogP contribution in [0.25, 0.3) is 0 Å². The zero-order chi connectivity index (χ0) is 12.1. The maximum absolute atomic E-state index is 12.7.